The van der Waals surface area contributed by atoms with Crippen LogP contribution in [0.1, 0.15) is 25.0 Å². The predicted octanol–water partition coefficient (Wildman–Crippen LogP) is 1.83. The molecule has 5 rings (SSSR count). The summed E-state index contributed by atoms with van der Waals surface area (Å²) in [5, 5.41) is 9.16. The van der Waals surface area contributed by atoms with E-state index in [0.717, 1.165) is 18.3 Å². The zero-order chi connectivity index (χ0) is 28.6. The van der Waals surface area contributed by atoms with Crippen LogP contribution in [0.15, 0.2) is 46.6 Å². The third-order valence-electron chi connectivity index (χ3n) is 6.16. The highest BCUT2D eigenvalue weighted by Gasteiger charge is 2.36. The number of pyridine rings is 1. The first-order valence-electron chi connectivity index (χ1n) is 12.3. The third kappa shape index (κ3) is 5.10. The molecule has 2 aromatic rings. The molecule has 1 atom stereocenters. The average molecular weight is 559 g/mol. The van der Waals surface area contributed by atoms with Crippen molar-refractivity contribution in [2.75, 3.05) is 25.0 Å². The Bertz CT molecular complexity index is 1470. The van der Waals surface area contributed by atoms with Crippen molar-refractivity contribution in [1.82, 2.24) is 26.1 Å². The van der Waals surface area contributed by atoms with Gasteiger partial charge in [-0.25, -0.2) is 38.4 Å². The van der Waals surface area contributed by atoms with E-state index in [0.29, 0.717) is 5.56 Å². The fourth-order valence-electron chi connectivity index (χ4n) is 4.31. The number of nitrogens with two attached hydrogens (primary N) is 1. The molecule has 3 aliphatic heterocycles. The summed E-state index contributed by atoms with van der Waals surface area (Å²) < 4.78 is 54.7. The summed E-state index contributed by atoms with van der Waals surface area (Å²) in [6.45, 7) is 3.41. The van der Waals surface area contributed by atoms with Gasteiger partial charge in [-0.2, -0.15) is 0 Å². The maximum Gasteiger partial charge on any atom is 0.411 e. The number of nitrogens with one attached hydrogen (secondary N) is 4. The van der Waals surface area contributed by atoms with Crippen molar-refractivity contribution in [3.05, 3.63) is 70.2 Å². The molecule has 12 nitrogen and oxygen atoms in total. The van der Waals surface area contributed by atoms with Crippen molar-refractivity contribution < 1.29 is 32.2 Å². The number of aromatic nitrogens is 1. The van der Waals surface area contributed by atoms with Gasteiger partial charge in [-0.3, -0.25) is 10.1 Å². The topological polar surface area (TPSA) is 155 Å². The molecule has 0 saturated carbocycles. The van der Waals surface area contributed by atoms with Gasteiger partial charge in [-0.05, 0) is 37.6 Å². The molecule has 1 aromatic carbocycles. The van der Waals surface area contributed by atoms with E-state index in [1.165, 1.54) is 11.1 Å². The Morgan fingerprint density at radius 1 is 1.23 bits per heavy atom. The van der Waals surface area contributed by atoms with Gasteiger partial charge < -0.3 is 25.8 Å². The average Bonchev–Trinajstić information content (AvgIpc) is 3.33. The van der Waals surface area contributed by atoms with Gasteiger partial charge in [0.2, 0.25) is 5.88 Å². The lowest BCUT2D eigenvalue weighted by molar-refractivity contribution is -0.117. The maximum absolute atomic E-state index is 15.0. The quantitative estimate of drug-likeness (QED) is 0.379. The Balaban J connectivity index is 1.59. The molecule has 0 spiro atoms. The summed E-state index contributed by atoms with van der Waals surface area (Å²) in [7, 11) is 0. The largest absolute Gasteiger partial charge is 0.473 e. The number of hydrogen-bond acceptors (Lipinski definition) is 10. The Labute approximate surface area is 226 Å². The van der Waals surface area contributed by atoms with Gasteiger partial charge in [0.15, 0.2) is 5.82 Å². The fraction of sp³-hybridized carbons (Fsp3) is 0.280. The number of aliphatic imine (C=N–C) groups is 1. The molecule has 0 aliphatic carbocycles. The Morgan fingerprint density at radius 2 is 1.98 bits per heavy atom. The van der Waals surface area contributed by atoms with Gasteiger partial charge in [0.1, 0.15) is 40.9 Å². The number of hydrogen-bond donors (Lipinski definition) is 5. The number of amidine groups is 1. The number of amides is 2. The number of carbonyl (C=O) groups is 2. The Hall–Kier alpha value is -4.79. The minimum Gasteiger partial charge on any atom is -0.473 e. The number of carbonyl (C=O) groups excluding carboxylic acids is 2. The third-order valence-corrected chi connectivity index (χ3v) is 6.16. The van der Waals surface area contributed by atoms with Crippen molar-refractivity contribution >= 4 is 29.1 Å². The van der Waals surface area contributed by atoms with Crippen LogP contribution < -0.4 is 31.8 Å². The molecule has 0 radical (unpaired) electrons. The molecule has 210 valence electrons. The molecule has 1 unspecified atom stereocenters. The molecule has 15 heteroatoms. The smallest absolute Gasteiger partial charge is 0.411 e. The first-order chi connectivity index (χ1) is 19.2. The van der Waals surface area contributed by atoms with Crippen molar-refractivity contribution in [3.63, 3.8) is 0 Å². The lowest BCUT2D eigenvalue weighted by atomic mass is 10.0. The lowest BCUT2D eigenvalue weighted by Crippen LogP contribution is -2.41. The molecule has 2 amide bonds. The maximum atomic E-state index is 15.0. The summed E-state index contributed by atoms with van der Waals surface area (Å²) in [6.07, 6.45) is -0.530. The van der Waals surface area contributed by atoms with Gasteiger partial charge in [0.25, 0.3) is 5.91 Å². The van der Waals surface area contributed by atoms with Crippen LogP contribution in [0.25, 0.3) is 5.57 Å². The minimum atomic E-state index is -1.09. The van der Waals surface area contributed by atoms with Crippen molar-refractivity contribution in [3.8, 4) is 5.88 Å². The number of anilines is 1. The first-order valence-corrected chi connectivity index (χ1v) is 12.3. The van der Waals surface area contributed by atoms with Crippen LogP contribution in [0, 0.1) is 17.5 Å². The van der Waals surface area contributed by atoms with Crippen LogP contribution in [0.5, 0.6) is 5.88 Å². The summed E-state index contributed by atoms with van der Waals surface area (Å²) in [5.41, 5.74) is 9.35. The molecule has 0 fully saturated rings. The van der Waals surface area contributed by atoms with E-state index in [2.05, 4.69) is 26.0 Å². The molecular weight excluding hydrogens is 533 g/mol. The summed E-state index contributed by atoms with van der Waals surface area (Å²) >= 11 is 0. The van der Waals surface area contributed by atoms with E-state index in [-0.39, 0.29) is 66.3 Å². The molecule has 40 heavy (non-hydrogen) atoms. The number of ether oxygens (including phenoxy) is 2. The number of halogens is 3. The molecular formula is C25H25F3N8O4. The van der Waals surface area contributed by atoms with Crippen molar-refractivity contribution in [2.24, 2.45) is 10.7 Å². The van der Waals surface area contributed by atoms with E-state index in [9.17, 15) is 14.0 Å². The highest BCUT2D eigenvalue weighted by molar-refractivity contribution is 6.24. The van der Waals surface area contributed by atoms with E-state index in [1.54, 1.807) is 13.8 Å². The lowest BCUT2D eigenvalue weighted by Gasteiger charge is -2.29. The molecule has 6 N–H and O–H groups in total. The number of rotatable bonds is 3. The van der Waals surface area contributed by atoms with Gasteiger partial charge in [0, 0.05) is 18.7 Å². The van der Waals surface area contributed by atoms with E-state index < -0.39 is 41.2 Å². The van der Waals surface area contributed by atoms with E-state index in [4.69, 9.17) is 15.2 Å². The predicted molar refractivity (Wildman–Crippen MR) is 137 cm³/mol. The van der Waals surface area contributed by atoms with Crippen LogP contribution in [-0.2, 0) is 16.1 Å². The van der Waals surface area contributed by atoms with Gasteiger partial charge in [-0.1, -0.05) is 0 Å². The van der Waals surface area contributed by atoms with Gasteiger partial charge in [-0.15, -0.1) is 0 Å². The number of fused-ring (bicyclic) bond motifs is 1. The Kier molecular flexibility index (Phi) is 7.21. The van der Waals surface area contributed by atoms with Gasteiger partial charge >= 0.3 is 6.09 Å². The Morgan fingerprint density at radius 3 is 2.70 bits per heavy atom. The molecule has 1 aromatic heterocycles. The summed E-state index contributed by atoms with van der Waals surface area (Å²) in [5.74, 6) is -2.90. The summed E-state index contributed by atoms with van der Waals surface area (Å²) in [4.78, 5) is 33.3. The van der Waals surface area contributed by atoms with Gasteiger partial charge in [0.05, 0.1) is 30.5 Å². The normalized spacial score (nSPS) is 18.8. The van der Waals surface area contributed by atoms with E-state index >= 15 is 8.78 Å². The molecule has 2 bridgehead atoms. The fourth-order valence-corrected chi connectivity index (χ4v) is 4.31. The number of hydrazine groups is 1. The number of benzene rings is 1. The molecule has 4 heterocycles. The second-order valence-electron chi connectivity index (χ2n) is 8.96. The minimum absolute atomic E-state index is 0.00721. The summed E-state index contributed by atoms with van der Waals surface area (Å²) in [6, 6.07) is 3.16. The van der Waals surface area contributed by atoms with Crippen molar-refractivity contribution in [2.45, 2.75) is 26.5 Å². The molecule has 3 aliphatic rings. The zero-order valence-corrected chi connectivity index (χ0v) is 21.4. The SMILES string of the molecule is CCOC(=O)Nc1c(F)cc(C2=C(N)N3NCC4=C3N=C2NCc2cc(F)cnc2OC(C)CNC4=O)cc1F. The second kappa shape index (κ2) is 10.8. The van der Waals surface area contributed by atoms with Crippen LogP contribution >= 0.6 is 0 Å². The van der Waals surface area contributed by atoms with Crippen LogP contribution in [0.4, 0.5) is 23.7 Å². The first kappa shape index (κ1) is 26.8. The molecule has 0 saturated heterocycles. The van der Waals surface area contributed by atoms with Crippen LogP contribution in [0.2, 0.25) is 0 Å². The van der Waals surface area contributed by atoms with Crippen molar-refractivity contribution in [1.29, 1.82) is 0 Å². The van der Waals surface area contributed by atoms with Crippen LogP contribution in [-0.4, -0.2) is 53.6 Å². The standard InChI is InChI=1S/C25H25F3N8O4/c1-3-39-25(38)34-19-16(27)5-12(6-17(19)28)18-20(29)36-22-15(10-33-36)23(37)31-7-11(2)40-24-13(4-14(26)9-32-24)8-30-21(18)35-22/h4-6,9,11,33H,3,7-8,10,29H2,1-2H3,(H,30,35)(H,31,37)(H,34,38). The zero-order valence-electron chi connectivity index (χ0n) is 21.4. The second-order valence-corrected chi connectivity index (χ2v) is 8.96. The number of nitrogens with zero attached hydrogens (tertiary/aromatic N) is 3. The highest BCUT2D eigenvalue weighted by atomic mass is 19.1. The van der Waals surface area contributed by atoms with Crippen LogP contribution in [0.3, 0.4) is 0 Å². The highest BCUT2D eigenvalue weighted by Crippen LogP contribution is 2.33. The van der Waals surface area contributed by atoms with E-state index in [1.807, 2.05) is 5.32 Å². The monoisotopic (exact) mass is 558 g/mol.